The molecule has 0 radical (unpaired) electrons. The molecule has 1 fully saturated rings. The Labute approximate surface area is 104 Å². The highest BCUT2D eigenvalue weighted by Gasteiger charge is 2.39. The molecule has 2 aliphatic rings. The minimum atomic E-state index is -0.818. The SMILES string of the molecule is O=C(O)C1CN(C(=O)C2Cc3ccccc3N2)C1. The molecule has 1 saturated heterocycles. The summed E-state index contributed by atoms with van der Waals surface area (Å²) in [6.45, 7) is 0.672. The van der Waals surface area contributed by atoms with E-state index < -0.39 is 11.9 Å². The van der Waals surface area contributed by atoms with E-state index in [0.29, 0.717) is 19.5 Å². The Hall–Kier alpha value is -2.04. The molecule has 1 aromatic carbocycles. The van der Waals surface area contributed by atoms with Gasteiger partial charge in [0.1, 0.15) is 6.04 Å². The minimum Gasteiger partial charge on any atom is -0.481 e. The summed E-state index contributed by atoms with van der Waals surface area (Å²) in [6.07, 6.45) is 0.684. The van der Waals surface area contributed by atoms with Crippen LogP contribution < -0.4 is 5.32 Å². The third-order valence-electron chi connectivity index (χ3n) is 3.61. The van der Waals surface area contributed by atoms with Crippen molar-refractivity contribution in [1.82, 2.24) is 4.90 Å². The first-order chi connectivity index (χ1) is 8.65. The van der Waals surface area contributed by atoms with Crippen molar-refractivity contribution in [2.24, 2.45) is 5.92 Å². The van der Waals surface area contributed by atoms with Crippen LogP contribution in [0.4, 0.5) is 5.69 Å². The van der Waals surface area contributed by atoms with E-state index in [1.54, 1.807) is 4.90 Å². The molecule has 5 heteroatoms. The van der Waals surface area contributed by atoms with Crippen LogP contribution in [-0.4, -0.2) is 41.0 Å². The number of hydrogen-bond donors (Lipinski definition) is 2. The first-order valence-corrected chi connectivity index (χ1v) is 6.01. The van der Waals surface area contributed by atoms with E-state index in [1.165, 1.54) is 0 Å². The summed E-state index contributed by atoms with van der Waals surface area (Å²) in [5.41, 5.74) is 2.15. The van der Waals surface area contributed by atoms with E-state index in [-0.39, 0.29) is 11.9 Å². The van der Waals surface area contributed by atoms with E-state index in [9.17, 15) is 9.59 Å². The maximum atomic E-state index is 12.1. The van der Waals surface area contributed by atoms with Crippen LogP contribution in [0.3, 0.4) is 0 Å². The molecule has 18 heavy (non-hydrogen) atoms. The number of rotatable bonds is 2. The summed E-state index contributed by atoms with van der Waals surface area (Å²) >= 11 is 0. The number of para-hydroxylation sites is 1. The van der Waals surface area contributed by atoms with Crippen molar-refractivity contribution in [1.29, 1.82) is 0 Å². The van der Waals surface area contributed by atoms with Crippen molar-refractivity contribution in [3.05, 3.63) is 29.8 Å². The highest BCUT2D eigenvalue weighted by molar-refractivity contribution is 5.89. The average Bonchev–Trinajstić information content (AvgIpc) is 2.69. The molecule has 2 N–H and O–H groups in total. The third kappa shape index (κ3) is 1.72. The predicted octanol–water partition coefficient (Wildman–Crippen LogP) is 0.566. The van der Waals surface area contributed by atoms with E-state index in [1.807, 2.05) is 24.3 Å². The molecule has 1 amide bonds. The number of carboxylic acid groups (broad SMARTS) is 1. The van der Waals surface area contributed by atoms with Gasteiger partial charge in [-0.1, -0.05) is 18.2 Å². The van der Waals surface area contributed by atoms with Gasteiger partial charge in [0.15, 0.2) is 0 Å². The Morgan fingerprint density at radius 3 is 2.67 bits per heavy atom. The first-order valence-electron chi connectivity index (χ1n) is 6.01. The second-order valence-corrected chi connectivity index (χ2v) is 4.84. The van der Waals surface area contributed by atoms with Crippen LogP contribution >= 0.6 is 0 Å². The predicted molar refractivity (Wildman–Crippen MR) is 65.3 cm³/mol. The lowest BCUT2D eigenvalue weighted by Gasteiger charge is -2.38. The second kappa shape index (κ2) is 4.01. The van der Waals surface area contributed by atoms with E-state index >= 15 is 0 Å². The molecule has 1 atom stereocenters. The molecule has 0 bridgehead atoms. The number of likely N-dealkylation sites (tertiary alicyclic amines) is 1. The van der Waals surface area contributed by atoms with E-state index in [0.717, 1.165) is 11.3 Å². The highest BCUT2D eigenvalue weighted by atomic mass is 16.4. The smallest absolute Gasteiger partial charge is 0.310 e. The highest BCUT2D eigenvalue weighted by Crippen LogP contribution is 2.27. The molecule has 1 unspecified atom stereocenters. The summed E-state index contributed by atoms with van der Waals surface area (Å²) in [5, 5.41) is 12.0. The quantitative estimate of drug-likeness (QED) is 0.800. The number of carbonyl (C=O) groups excluding carboxylic acids is 1. The molecule has 1 aromatic rings. The van der Waals surface area contributed by atoms with Crippen LogP contribution in [0.5, 0.6) is 0 Å². The topological polar surface area (TPSA) is 69.6 Å². The third-order valence-corrected chi connectivity index (χ3v) is 3.61. The molecule has 3 rings (SSSR count). The lowest BCUT2D eigenvalue weighted by Crippen LogP contribution is -2.56. The number of fused-ring (bicyclic) bond motifs is 1. The number of benzene rings is 1. The molecule has 94 valence electrons. The Balaban J connectivity index is 1.62. The number of carbonyl (C=O) groups is 2. The fourth-order valence-electron chi connectivity index (χ4n) is 2.48. The van der Waals surface area contributed by atoms with Gasteiger partial charge in [0.05, 0.1) is 5.92 Å². The summed E-state index contributed by atoms with van der Waals surface area (Å²) in [7, 11) is 0. The Kier molecular flexibility index (Phi) is 2.47. The second-order valence-electron chi connectivity index (χ2n) is 4.84. The van der Waals surface area contributed by atoms with Gasteiger partial charge in [-0.05, 0) is 11.6 Å². The fourth-order valence-corrected chi connectivity index (χ4v) is 2.48. The number of hydrogen-bond acceptors (Lipinski definition) is 3. The molecule has 0 aliphatic carbocycles. The zero-order valence-corrected chi connectivity index (χ0v) is 9.80. The van der Waals surface area contributed by atoms with E-state index in [4.69, 9.17) is 5.11 Å². The standard InChI is InChI=1S/C13H14N2O3/c16-12(15-6-9(7-15)13(17)18)11-5-8-3-1-2-4-10(8)14-11/h1-4,9,11,14H,5-7H2,(H,17,18). The van der Waals surface area contributed by atoms with Gasteiger partial charge in [-0.3, -0.25) is 9.59 Å². The summed E-state index contributed by atoms with van der Waals surface area (Å²) < 4.78 is 0. The lowest BCUT2D eigenvalue weighted by molar-refractivity contribution is -0.153. The molecule has 0 saturated carbocycles. The Morgan fingerprint density at radius 1 is 1.28 bits per heavy atom. The van der Waals surface area contributed by atoms with Crippen molar-refractivity contribution < 1.29 is 14.7 Å². The van der Waals surface area contributed by atoms with Crippen molar-refractivity contribution in [3.63, 3.8) is 0 Å². The summed E-state index contributed by atoms with van der Waals surface area (Å²) in [4.78, 5) is 24.4. The van der Waals surface area contributed by atoms with Crippen molar-refractivity contribution in [3.8, 4) is 0 Å². The van der Waals surface area contributed by atoms with Crippen LogP contribution in [0.1, 0.15) is 5.56 Å². The van der Waals surface area contributed by atoms with Gasteiger partial charge >= 0.3 is 5.97 Å². The first kappa shape index (κ1) is 11.1. The van der Waals surface area contributed by atoms with Crippen molar-refractivity contribution in [2.45, 2.75) is 12.5 Å². The van der Waals surface area contributed by atoms with Crippen molar-refractivity contribution >= 4 is 17.6 Å². The van der Waals surface area contributed by atoms with Crippen LogP contribution in [0, 0.1) is 5.92 Å². The van der Waals surface area contributed by atoms with Gasteiger partial charge in [0.2, 0.25) is 5.91 Å². The van der Waals surface area contributed by atoms with Gasteiger partial charge in [-0.25, -0.2) is 0 Å². The Morgan fingerprint density at radius 2 is 2.00 bits per heavy atom. The average molecular weight is 246 g/mol. The largest absolute Gasteiger partial charge is 0.481 e. The zero-order valence-electron chi connectivity index (χ0n) is 9.80. The van der Waals surface area contributed by atoms with Crippen LogP contribution in [0.25, 0.3) is 0 Å². The van der Waals surface area contributed by atoms with Gasteiger partial charge in [-0.15, -0.1) is 0 Å². The molecule has 2 heterocycles. The number of aliphatic carboxylic acids is 1. The van der Waals surface area contributed by atoms with E-state index in [2.05, 4.69) is 5.32 Å². The summed E-state index contributed by atoms with van der Waals surface area (Å²) in [5.74, 6) is -1.21. The number of amides is 1. The zero-order chi connectivity index (χ0) is 12.7. The van der Waals surface area contributed by atoms with Crippen molar-refractivity contribution in [2.75, 3.05) is 18.4 Å². The number of nitrogens with one attached hydrogen (secondary N) is 1. The normalized spacial score (nSPS) is 22.0. The maximum absolute atomic E-state index is 12.1. The van der Waals surface area contributed by atoms with Gasteiger partial charge in [-0.2, -0.15) is 0 Å². The van der Waals surface area contributed by atoms with Crippen LogP contribution in [0.2, 0.25) is 0 Å². The monoisotopic (exact) mass is 246 g/mol. The lowest BCUT2D eigenvalue weighted by atomic mass is 9.98. The summed E-state index contributed by atoms with van der Waals surface area (Å²) in [6, 6.07) is 7.61. The molecule has 0 aromatic heterocycles. The van der Waals surface area contributed by atoms with Gasteiger partial charge in [0.25, 0.3) is 0 Å². The molecule has 5 nitrogen and oxygen atoms in total. The molecule has 0 spiro atoms. The Bertz CT molecular complexity index is 484. The molecule has 2 aliphatic heterocycles. The number of anilines is 1. The molecular formula is C13H14N2O3. The maximum Gasteiger partial charge on any atom is 0.310 e. The van der Waals surface area contributed by atoms with Gasteiger partial charge in [0, 0.05) is 25.2 Å². The molecular weight excluding hydrogens is 232 g/mol. The van der Waals surface area contributed by atoms with Crippen LogP contribution in [-0.2, 0) is 16.0 Å². The van der Waals surface area contributed by atoms with Gasteiger partial charge < -0.3 is 15.3 Å². The minimum absolute atomic E-state index is 0.00343. The number of nitrogens with zero attached hydrogens (tertiary/aromatic N) is 1. The van der Waals surface area contributed by atoms with Crippen LogP contribution in [0.15, 0.2) is 24.3 Å². The fraction of sp³-hybridized carbons (Fsp3) is 0.385. The number of carboxylic acids is 1.